The van der Waals surface area contributed by atoms with Crippen molar-refractivity contribution in [2.75, 3.05) is 0 Å². The van der Waals surface area contributed by atoms with E-state index in [1.807, 2.05) is 30.3 Å². The molecule has 0 aliphatic carbocycles. The molecule has 162 valence electrons. The van der Waals surface area contributed by atoms with Crippen LogP contribution in [-0.4, -0.2) is 21.0 Å². The van der Waals surface area contributed by atoms with Crippen molar-refractivity contribution in [1.82, 2.24) is 15.0 Å². The average Bonchev–Trinajstić information content (AvgIpc) is 2.86. The van der Waals surface area contributed by atoms with Gasteiger partial charge in [0, 0.05) is 11.1 Å². The Balaban J connectivity index is 1.53. The lowest BCUT2D eigenvalue weighted by molar-refractivity contribution is 0.0337. The fourth-order valence-electron chi connectivity index (χ4n) is 3.64. The van der Waals surface area contributed by atoms with Gasteiger partial charge >= 0.3 is 5.97 Å². The summed E-state index contributed by atoms with van der Waals surface area (Å²) in [5.74, 6) is -0.376. The van der Waals surface area contributed by atoms with Gasteiger partial charge in [0.25, 0.3) is 5.56 Å². The molecule has 8 heteroatoms. The van der Waals surface area contributed by atoms with Gasteiger partial charge in [0.1, 0.15) is 16.8 Å². The third-order valence-electron chi connectivity index (χ3n) is 5.35. The molecule has 3 aromatic carbocycles. The zero-order valence-corrected chi connectivity index (χ0v) is 17.5. The number of nitrogens with zero attached hydrogens (tertiary/aromatic N) is 3. The Bertz CT molecular complexity index is 1640. The highest BCUT2D eigenvalue weighted by Crippen LogP contribution is 2.27. The molecule has 2 aromatic heterocycles. The van der Waals surface area contributed by atoms with E-state index in [1.54, 1.807) is 43.3 Å². The second kappa shape index (κ2) is 8.16. The second-order valence-electron chi connectivity index (χ2n) is 7.41. The van der Waals surface area contributed by atoms with Gasteiger partial charge in [-0.05, 0) is 31.2 Å². The van der Waals surface area contributed by atoms with Crippen LogP contribution in [0.1, 0.15) is 15.9 Å². The van der Waals surface area contributed by atoms with Crippen LogP contribution in [0.15, 0.2) is 86.8 Å². The molecule has 0 aliphatic rings. The highest BCUT2D eigenvalue weighted by atomic mass is 16.5. The lowest BCUT2D eigenvalue weighted by Crippen LogP contribution is -2.26. The largest absolute Gasteiger partial charge is 0.455 e. The summed E-state index contributed by atoms with van der Waals surface area (Å²) in [5.41, 5.74) is 1.13. The number of rotatable bonds is 4. The Morgan fingerprint density at radius 1 is 0.939 bits per heavy atom. The monoisotopic (exact) mass is 439 g/mol. The number of para-hydroxylation sites is 1. The van der Waals surface area contributed by atoms with Crippen LogP contribution in [0.2, 0.25) is 0 Å². The van der Waals surface area contributed by atoms with Crippen molar-refractivity contribution in [3.8, 4) is 11.3 Å². The summed E-state index contributed by atoms with van der Waals surface area (Å²) in [6.07, 6.45) is 0. The highest BCUT2D eigenvalue weighted by Gasteiger charge is 2.19. The maximum atomic E-state index is 13.0. The number of carbonyl (C=O) groups excluding carboxylic acids is 1. The van der Waals surface area contributed by atoms with E-state index in [9.17, 15) is 14.4 Å². The molecule has 0 atom stereocenters. The molecule has 33 heavy (non-hydrogen) atoms. The van der Waals surface area contributed by atoms with Crippen LogP contribution in [-0.2, 0) is 11.5 Å². The first-order chi connectivity index (χ1) is 16.0. The number of esters is 1. The van der Waals surface area contributed by atoms with E-state index in [0.717, 1.165) is 10.2 Å². The molecular weight excluding hydrogens is 422 g/mol. The van der Waals surface area contributed by atoms with Gasteiger partial charge in [0.2, 0.25) is 0 Å². The van der Waals surface area contributed by atoms with E-state index >= 15 is 0 Å². The van der Waals surface area contributed by atoms with Crippen molar-refractivity contribution in [3.05, 3.63) is 105 Å². The lowest BCUT2D eigenvalue weighted by atomic mass is 10.0. The van der Waals surface area contributed by atoms with E-state index in [-0.39, 0.29) is 22.0 Å². The molecule has 0 amide bonds. The summed E-state index contributed by atoms with van der Waals surface area (Å²) in [5, 5.41) is 8.42. The van der Waals surface area contributed by atoms with Crippen LogP contribution in [0, 0.1) is 6.92 Å². The summed E-state index contributed by atoms with van der Waals surface area (Å²) >= 11 is 0. The predicted molar refractivity (Wildman–Crippen MR) is 122 cm³/mol. The molecule has 0 N–H and O–H groups in total. The Labute approximate surface area is 186 Å². The first-order valence-electron chi connectivity index (χ1n) is 10.2. The Morgan fingerprint density at radius 2 is 1.67 bits per heavy atom. The summed E-state index contributed by atoms with van der Waals surface area (Å²) in [4.78, 5) is 38.5. The zero-order valence-electron chi connectivity index (χ0n) is 17.5. The van der Waals surface area contributed by atoms with Crippen molar-refractivity contribution in [3.63, 3.8) is 0 Å². The predicted octanol–water partition coefficient (Wildman–Crippen LogP) is 3.69. The van der Waals surface area contributed by atoms with E-state index < -0.39 is 18.3 Å². The molecule has 0 unspecified atom stereocenters. The Hall–Kier alpha value is -4.59. The molecule has 0 aliphatic heterocycles. The Morgan fingerprint density at radius 3 is 2.48 bits per heavy atom. The van der Waals surface area contributed by atoms with Crippen LogP contribution in [0.25, 0.3) is 33.2 Å². The van der Waals surface area contributed by atoms with Crippen LogP contribution in [0.4, 0.5) is 0 Å². The quantitative estimate of drug-likeness (QED) is 0.393. The molecule has 5 aromatic rings. The molecule has 0 fully saturated rings. The molecule has 2 heterocycles. The molecular formula is C25H17N3O5. The molecule has 0 radical (unpaired) electrons. The van der Waals surface area contributed by atoms with Crippen LogP contribution in [0.3, 0.4) is 0 Å². The van der Waals surface area contributed by atoms with Gasteiger partial charge in [-0.25, -0.2) is 4.79 Å². The number of benzene rings is 3. The third kappa shape index (κ3) is 3.57. The summed E-state index contributed by atoms with van der Waals surface area (Å²) in [7, 11) is 0. The maximum Gasteiger partial charge on any atom is 0.343 e. The minimum absolute atomic E-state index is 0.0728. The van der Waals surface area contributed by atoms with Crippen molar-refractivity contribution >= 4 is 27.8 Å². The van der Waals surface area contributed by atoms with Crippen LogP contribution in [0.5, 0.6) is 0 Å². The summed E-state index contributed by atoms with van der Waals surface area (Å²) < 4.78 is 12.3. The van der Waals surface area contributed by atoms with Gasteiger partial charge in [-0.1, -0.05) is 53.7 Å². The fourth-order valence-corrected chi connectivity index (χ4v) is 3.64. The molecule has 0 spiro atoms. The zero-order chi connectivity index (χ0) is 22.9. The number of carbonyl (C=O) groups is 1. The van der Waals surface area contributed by atoms with Gasteiger partial charge in [-0.3, -0.25) is 9.59 Å². The number of hydrogen-bond donors (Lipinski definition) is 0. The van der Waals surface area contributed by atoms with Crippen molar-refractivity contribution < 1.29 is 13.9 Å². The minimum atomic E-state index is -0.756. The number of aromatic nitrogens is 3. The molecule has 8 nitrogen and oxygen atoms in total. The summed E-state index contributed by atoms with van der Waals surface area (Å²) in [6.45, 7) is 1.25. The first-order valence-corrected chi connectivity index (χ1v) is 10.2. The fraction of sp³-hybridized carbons (Fsp3) is 0.0800. The van der Waals surface area contributed by atoms with Gasteiger partial charge in [-0.15, -0.1) is 5.10 Å². The number of ether oxygens (including phenoxy) is 1. The number of fused-ring (bicyclic) bond motifs is 2. The van der Waals surface area contributed by atoms with E-state index in [0.29, 0.717) is 22.2 Å². The van der Waals surface area contributed by atoms with Gasteiger partial charge in [0.15, 0.2) is 17.7 Å². The van der Waals surface area contributed by atoms with E-state index in [4.69, 9.17) is 9.15 Å². The number of hydrogen-bond acceptors (Lipinski definition) is 7. The summed E-state index contributed by atoms with van der Waals surface area (Å²) in [6, 6.07) is 20.6. The minimum Gasteiger partial charge on any atom is -0.455 e. The van der Waals surface area contributed by atoms with Crippen molar-refractivity contribution in [2.24, 2.45) is 0 Å². The smallest absolute Gasteiger partial charge is 0.343 e. The maximum absolute atomic E-state index is 13.0. The van der Waals surface area contributed by atoms with Crippen LogP contribution < -0.4 is 11.0 Å². The molecule has 0 saturated heterocycles. The first kappa shape index (κ1) is 20.3. The Kier molecular flexibility index (Phi) is 5.02. The SMILES string of the molecule is Cc1c(-c2ccccc2)oc2c(C(=O)OCn3nnc4ccccc4c3=O)cccc2c1=O. The normalized spacial score (nSPS) is 11.1. The highest BCUT2D eigenvalue weighted by molar-refractivity contribution is 6.02. The van der Waals surface area contributed by atoms with Gasteiger partial charge in [0.05, 0.1) is 10.8 Å². The second-order valence-corrected chi connectivity index (χ2v) is 7.41. The third-order valence-corrected chi connectivity index (χ3v) is 5.35. The van der Waals surface area contributed by atoms with Crippen LogP contribution >= 0.6 is 0 Å². The molecule has 5 rings (SSSR count). The van der Waals surface area contributed by atoms with Crippen molar-refractivity contribution in [2.45, 2.75) is 13.7 Å². The van der Waals surface area contributed by atoms with E-state index in [2.05, 4.69) is 10.3 Å². The molecule has 0 saturated carbocycles. The topological polar surface area (TPSA) is 104 Å². The van der Waals surface area contributed by atoms with E-state index in [1.165, 1.54) is 6.07 Å². The average molecular weight is 439 g/mol. The van der Waals surface area contributed by atoms with Crippen molar-refractivity contribution in [1.29, 1.82) is 0 Å². The van der Waals surface area contributed by atoms with Gasteiger partial charge < -0.3 is 9.15 Å². The lowest BCUT2D eigenvalue weighted by Gasteiger charge is -2.11. The standard InChI is InChI=1S/C25H17N3O5/c1-15-21(29)18-11-7-12-19(23(18)33-22(15)16-8-3-2-4-9-16)25(31)32-14-28-24(30)17-10-5-6-13-20(17)26-27-28/h2-13H,14H2,1H3. The van der Waals surface area contributed by atoms with Gasteiger partial charge in [-0.2, -0.15) is 4.68 Å². The molecule has 0 bridgehead atoms.